The summed E-state index contributed by atoms with van der Waals surface area (Å²) in [5.74, 6) is -0.164. The van der Waals surface area contributed by atoms with Crippen LogP contribution in [0.3, 0.4) is 0 Å². The molecule has 0 unspecified atom stereocenters. The smallest absolute Gasteiger partial charge is 0.255 e. The first-order chi connectivity index (χ1) is 10.7. The number of benzene rings is 2. The summed E-state index contributed by atoms with van der Waals surface area (Å²) in [6.45, 7) is 0.477. The number of amides is 1. The van der Waals surface area contributed by atoms with Gasteiger partial charge in [-0.25, -0.2) is 0 Å². The molecule has 0 saturated carbocycles. The van der Waals surface area contributed by atoms with Crippen LogP contribution in [0.2, 0.25) is 5.02 Å². The zero-order valence-electron chi connectivity index (χ0n) is 11.7. The molecule has 3 aromatic rings. The Balaban J connectivity index is 1.76. The summed E-state index contributed by atoms with van der Waals surface area (Å²) >= 11 is 5.89. The van der Waals surface area contributed by atoms with Crippen LogP contribution < -0.4 is 5.32 Å². The first kappa shape index (κ1) is 14.4. The van der Waals surface area contributed by atoms with Crippen molar-refractivity contribution in [2.24, 2.45) is 0 Å². The third kappa shape index (κ3) is 3.18. The van der Waals surface area contributed by atoms with E-state index in [0.29, 0.717) is 22.8 Å². The Kier molecular flexibility index (Phi) is 4.21. The van der Waals surface area contributed by atoms with Crippen LogP contribution >= 0.6 is 11.6 Å². The molecule has 22 heavy (non-hydrogen) atoms. The van der Waals surface area contributed by atoms with E-state index in [1.807, 2.05) is 42.5 Å². The molecule has 110 valence electrons. The fourth-order valence-corrected chi connectivity index (χ4v) is 2.29. The molecule has 3 rings (SSSR count). The van der Waals surface area contributed by atoms with E-state index in [1.54, 1.807) is 12.1 Å². The minimum Gasteiger partial charge on any atom is -0.348 e. The molecule has 0 aliphatic carbocycles. The van der Waals surface area contributed by atoms with E-state index in [4.69, 9.17) is 11.6 Å². The lowest BCUT2D eigenvalue weighted by Crippen LogP contribution is -2.22. The largest absolute Gasteiger partial charge is 0.348 e. The van der Waals surface area contributed by atoms with Gasteiger partial charge in [-0.15, -0.1) is 0 Å². The third-order valence-electron chi connectivity index (χ3n) is 3.31. The molecule has 1 aromatic heterocycles. The zero-order chi connectivity index (χ0) is 15.4. The average Bonchev–Trinajstić information content (AvgIpc) is 3.04. The van der Waals surface area contributed by atoms with Crippen LogP contribution in [-0.2, 0) is 6.54 Å². The molecule has 1 heterocycles. The van der Waals surface area contributed by atoms with Crippen LogP contribution in [0, 0.1) is 0 Å². The summed E-state index contributed by atoms with van der Waals surface area (Å²) in [6, 6.07) is 17.0. The van der Waals surface area contributed by atoms with E-state index in [9.17, 15) is 4.79 Å². The summed E-state index contributed by atoms with van der Waals surface area (Å²) < 4.78 is 0. The molecule has 0 radical (unpaired) electrons. The quantitative estimate of drug-likeness (QED) is 0.772. The van der Waals surface area contributed by atoms with Crippen molar-refractivity contribution in [1.82, 2.24) is 15.5 Å². The number of carbonyl (C=O) groups excluding carboxylic acids is 1. The van der Waals surface area contributed by atoms with Crippen molar-refractivity contribution in [2.45, 2.75) is 6.54 Å². The fourth-order valence-electron chi connectivity index (χ4n) is 2.17. The van der Waals surface area contributed by atoms with E-state index in [1.165, 1.54) is 6.20 Å². The minimum absolute atomic E-state index is 0.164. The lowest BCUT2D eigenvalue weighted by molar-refractivity contribution is 0.0951. The lowest BCUT2D eigenvalue weighted by Gasteiger charge is -2.06. The Hall–Kier alpha value is -2.59. The van der Waals surface area contributed by atoms with Gasteiger partial charge in [0.05, 0.1) is 17.5 Å². The average molecular weight is 312 g/mol. The van der Waals surface area contributed by atoms with Crippen molar-refractivity contribution < 1.29 is 4.79 Å². The number of rotatable bonds is 4. The number of nitrogens with one attached hydrogen (secondary N) is 2. The molecule has 0 bridgehead atoms. The SMILES string of the molecule is O=C(NCc1ccccc1)c1cn[nH]c1-c1ccc(Cl)cc1. The van der Waals surface area contributed by atoms with Crippen molar-refractivity contribution >= 4 is 17.5 Å². The number of aromatic amines is 1. The summed E-state index contributed by atoms with van der Waals surface area (Å²) in [5, 5.41) is 10.4. The van der Waals surface area contributed by atoms with Gasteiger partial charge in [0, 0.05) is 17.1 Å². The van der Waals surface area contributed by atoms with Crippen molar-refractivity contribution in [3.63, 3.8) is 0 Å². The van der Waals surface area contributed by atoms with Crippen LogP contribution in [-0.4, -0.2) is 16.1 Å². The molecule has 0 aliphatic rings. The second kappa shape index (κ2) is 6.45. The van der Waals surface area contributed by atoms with Crippen LogP contribution in [0.5, 0.6) is 0 Å². The van der Waals surface area contributed by atoms with Gasteiger partial charge in [0.2, 0.25) is 0 Å². The maximum atomic E-state index is 12.3. The van der Waals surface area contributed by atoms with E-state index < -0.39 is 0 Å². The second-order valence-electron chi connectivity index (χ2n) is 4.83. The van der Waals surface area contributed by atoms with E-state index in [0.717, 1.165) is 11.1 Å². The third-order valence-corrected chi connectivity index (χ3v) is 3.56. The Labute approximate surface area is 133 Å². The Bertz CT molecular complexity index is 766. The Morgan fingerprint density at radius 3 is 2.55 bits per heavy atom. The highest BCUT2D eigenvalue weighted by molar-refractivity contribution is 6.30. The Morgan fingerprint density at radius 1 is 1.09 bits per heavy atom. The summed E-state index contributed by atoms with van der Waals surface area (Å²) in [4.78, 5) is 12.3. The van der Waals surface area contributed by atoms with E-state index in [-0.39, 0.29) is 5.91 Å². The van der Waals surface area contributed by atoms with Gasteiger partial charge >= 0.3 is 0 Å². The standard InChI is InChI=1S/C17H14ClN3O/c18-14-8-6-13(7-9-14)16-15(11-20-21-16)17(22)19-10-12-4-2-1-3-5-12/h1-9,11H,10H2,(H,19,22)(H,20,21). The number of hydrogen-bond acceptors (Lipinski definition) is 2. The molecule has 5 heteroatoms. The van der Waals surface area contributed by atoms with Gasteiger partial charge in [-0.3, -0.25) is 9.89 Å². The van der Waals surface area contributed by atoms with Gasteiger partial charge in [0.15, 0.2) is 0 Å². The van der Waals surface area contributed by atoms with Gasteiger partial charge in [0.25, 0.3) is 5.91 Å². The summed E-state index contributed by atoms with van der Waals surface area (Å²) in [7, 11) is 0. The van der Waals surface area contributed by atoms with Crippen LogP contribution in [0.25, 0.3) is 11.3 Å². The topological polar surface area (TPSA) is 57.8 Å². The second-order valence-corrected chi connectivity index (χ2v) is 5.27. The first-order valence-electron chi connectivity index (χ1n) is 6.85. The van der Waals surface area contributed by atoms with Gasteiger partial charge in [-0.2, -0.15) is 5.10 Å². The van der Waals surface area contributed by atoms with Crippen LogP contribution in [0.15, 0.2) is 60.8 Å². The summed E-state index contributed by atoms with van der Waals surface area (Å²) in [5.41, 5.74) is 3.11. The molecule has 0 atom stereocenters. The van der Waals surface area contributed by atoms with E-state index in [2.05, 4.69) is 15.5 Å². The molecule has 4 nitrogen and oxygen atoms in total. The van der Waals surface area contributed by atoms with Gasteiger partial charge in [0.1, 0.15) is 0 Å². The molecule has 1 amide bonds. The highest BCUT2D eigenvalue weighted by Crippen LogP contribution is 2.22. The number of halogens is 1. The summed E-state index contributed by atoms with van der Waals surface area (Å²) in [6.07, 6.45) is 1.53. The highest BCUT2D eigenvalue weighted by atomic mass is 35.5. The molecular weight excluding hydrogens is 298 g/mol. The number of aromatic nitrogens is 2. The van der Waals surface area contributed by atoms with Crippen molar-refractivity contribution in [3.8, 4) is 11.3 Å². The minimum atomic E-state index is -0.164. The predicted octanol–water partition coefficient (Wildman–Crippen LogP) is 3.66. The number of nitrogens with zero attached hydrogens (tertiary/aromatic N) is 1. The number of carbonyl (C=O) groups is 1. The molecule has 0 saturated heterocycles. The number of H-pyrrole nitrogens is 1. The zero-order valence-corrected chi connectivity index (χ0v) is 12.5. The molecule has 2 N–H and O–H groups in total. The van der Waals surface area contributed by atoms with Crippen LogP contribution in [0.4, 0.5) is 0 Å². The monoisotopic (exact) mass is 311 g/mol. The Morgan fingerprint density at radius 2 is 1.82 bits per heavy atom. The van der Waals surface area contributed by atoms with Crippen LogP contribution in [0.1, 0.15) is 15.9 Å². The van der Waals surface area contributed by atoms with Gasteiger partial charge < -0.3 is 5.32 Å². The molecule has 0 fully saturated rings. The van der Waals surface area contributed by atoms with Gasteiger partial charge in [-0.1, -0.05) is 54.1 Å². The maximum Gasteiger partial charge on any atom is 0.255 e. The fraction of sp³-hybridized carbons (Fsp3) is 0.0588. The van der Waals surface area contributed by atoms with Crippen molar-refractivity contribution in [2.75, 3.05) is 0 Å². The molecule has 2 aromatic carbocycles. The first-order valence-corrected chi connectivity index (χ1v) is 7.23. The van der Waals surface area contributed by atoms with E-state index >= 15 is 0 Å². The molecular formula is C17H14ClN3O. The lowest BCUT2D eigenvalue weighted by atomic mass is 10.1. The highest BCUT2D eigenvalue weighted by Gasteiger charge is 2.14. The van der Waals surface area contributed by atoms with Gasteiger partial charge in [-0.05, 0) is 17.7 Å². The van der Waals surface area contributed by atoms with Crippen molar-refractivity contribution in [3.05, 3.63) is 76.9 Å². The normalized spacial score (nSPS) is 10.4. The molecule has 0 aliphatic heterocycles. The molecule has 0 spiro atoms. The predicted molar refractivity (Wildman–Crippen MR) is 86.6 cm³/mol. The number of hydrogen-bond donors (Lipinski definition) is 2. The van der Waals surface area contributed by atoms with Crippen molar-refractivity contribution in [1.29, 1.82) is 0 Å². The maximum absolute atomic E-state index is 12.3.